The summed E-state index contributed by atoms with van der Waals surface area (Å²) in [7, 11) is 0. The SMILES string of the molecule is C=Cc1nc(NC(C)=O)sc1N. The summed E-state index contributed by atoms with van der Waals surface area (Å²) in [5.74, 6) is -0.153. The monoisotopic (exact) mass is 183 g/mol. The second-order valence-corrected chi connectivity index (χ2v) is 3.18. The van der Waals surface area contributed by atoms with Crippen molar-refractivity contribution in [3.05, 3.63) is 12.3 Å². The minimum absolute atomic E-state index is 0.153. The number of carbonyl (C=O) groups excluding carboxylic acids is 1. The van der Waals surface area contributed by atoms with Gasteiger partial charge in [-0.2, -0.15) is 0 Å². The summed E-state index contributed by atoms with van der Waals surface area (Å²) in [5.41, 5.74) is 6.18. The molecule has 0 atom stereocenters. The van der Waals surface area contributed by atoms with E-state index in [1.165, 1.54) is 18.3 Å². The van der Waals surface area contributed by atoms with E-state index in [1.807, 2.05) is 0 Å². The Kier molecular flexibility index (Phi) is 2.44. The highest BCUT2D eigenvalue weighted by molar-refractivity contribution is 7.19. The Morgan fingerprint density at radius 2 is 2.50 bits per heavy atom. The summed E-state index contributed by atoms with van der Waals surface area (Å²) in [6.45, 7) is 4.96. The van der Waals surface area contributed by atoms with Gasteiger partial charge < -0.3 is 11.1 Å². The molecule has 12 heavy (non-hydrogen) atoms. The third kappa shape index (κ3) is 1.82. The Morgan fingerprint density at radius 3 is 2.92 bits per heavy atom. The number of carbonyl (C=O) groups is 1. The van der Waals surface area contributed by atoms with E-state index in [1.54, 1.807) is 6.08 Å². The van der Waals surface area contributed by atoms with E-state index in [0.717, 1.165) is 0 Å². The number of hydrogen-bond donors (Lipinski definition) is 2. The van der Waals surface area contributed by atoms with Gasteiger partial charge in [0.15, 0.2) is 5.13 Å². The van der Waals surface area contributed by atoms with Crippen LogP contribution in [-0.4, -0.2) is 10.9 Å². The van der Waals surface area contributed by atoms with Crippen molar-refractivity contribution in [2.45, 2.75) is 6.92 Å². The lowest BCUT2D eigenvalue weighted by Crippen LogP contribution is -2.04. The summed E-state index contributed by atoms with van der Waals surface area (Å²) in [6, 6.07) is 0. The maximum atomic E-state index is 10.6. The second kappa shape index (κ2) is 3.36. The molecule has 0 fully saturated rings. The molecule has 1 aromatic heterocycles. The average Bonchev–Trinajstić information content (AvgIpc) is 2.29. The fourth-order valence-corrected chi connectivity index (χ4v) is 1.47. The van der Waals surface area contributed by atoms with Crippen molar-refractivity contribution in [1.29, 1.82) is 0 Å². The minimum atomic E-state index is -0.153. The van der Waals surface area contributed by atoms with E-state index in [-0.39, 0.29) is 5.91 Å². The normalized spacial score (nSPS) is 9.42. The molecule has 0 aliphatic rings. The van der Waals surface area contributed by atoms with E-state index in [2.05, 4.69) is 16.9 Å². The Labute approximate surface area is 74.1 Å². The molecule has 1 rings (SSSR count). The Balaban J connectivity index is 2.89. The standard InChI is InChI=1S/C7H9N3OS/c1-3-5-6(8)12-7(10-5)9-4(2)11/h3H,1,8H2,2H3,(H,9,10,11). The van der Waals surface area contributed by atoms with Crippen molar-refractivity contribution < 1.29 is 4.79 Å². The Bertz CT molecular complexity index is 318. The van der Waals surface area contributed by atoms with Crippen LogP contribution in [0.2, 0.25) is 0 Å². The zero-order chi connectivity index (χ0) is 9.14. The molecule has 4 nitrogen and oxygen atoms in total. The van der Waals surface area contributed by atoms with Crippen LogP contribution in [0, 0.1) is 0 Å². The molecule has 0 unspecified atom stereocenters. The van der Waals surface area contributed by atoms with Crippen molar-refractivity contribution in [2.75, 3.05) is 11.1 Å². The van der Waals surface area contributed by atoms with Gasteiger partial charge in [0.1, 0.15) is 5.00 Å². The zero-order valence-electron chi connectivity index (χ0n) is 6.63. The lowest BCUT2D eigenvalue weighted by molar-refractivity contribution is -0.114. The van der Waals surface area contributed by atoms with Crippen molar-refractivity contribution in [3.63, 3.8) is 0 Å². The predicted octanol–water partition coefficient (Wildman–Crippen LogP) is 1.33. The number of rotatable bonds is 2. The van der Waals surface area contributed by atoms with Crippen LogP contribution >= 0.6 is 11.3 Å². The number of thiazole rings is 1. The maximum absolute atomic E-state index is 10.6. The highest BCUT2D eigenvalue weighted by Crippen LogP contribution is 2.25. The molecule has 0 aliphatic heterocycles. The molecule has 0 saturated heterocycles. The molecule has 5 heteroatoms. The van der Waals surface area contributed by atoms with Crippen molar-refractivity contribution in [2.24, 2.45) is 0 Å². The molecule has 1 heterocycles. The van der Waals surface area contributed by atoms with E-state index >= 15 is 0 Å². The van der Waals surface area contributed by atoms with Crippen molar-refractivity contribution in [3.8, 4) is 0 Å². The number of nitrogens with zero attached hydrogens (tertiary/aromatic N) is 1. The molecular formula is C7H9N3OS. The highest BCUT2D eigenvalue weighted by Gasteiger charge is 2.05. The van der Waals surface area contributed by atoms with Gasteiger partial charge in [0, 0.05) is 6.92 Å². The maximum Gasteiger partial charge on any atom is 0.223 e. The quantitative estimate of drug-likeness (QED) is 0.726. The molecule has 0 spiro atoms. The van der Waals surface area contributed by atoms with E-state index in [9.17, 15) is 4.79 Å². The minimum Gasteiger partial charge on any atom is -0.389 e. The summed E-state index contributed by atoms with van der Waals surface area (Å²) in [5, 5.41) is 3.61. The van der Waals surface area contributed by atoms with Crippen molar-refractivity contribution in [1.82, 2.24) is 4.98 Å². The van der Waals surface area contributed by atoms with Gasteiger partial charge >= 0.3 is 0 Å². The van der Waals surface area contributed by atoms with Gasteiger partial charge in [-0.25, -0.2) is 4.98 Å². The predicted molar refractivity (Wildman–Crippen MR) is 50.9 cm³/mol. The van der Waals surface area contributed by atoms with Crippen LogP contribution in [0.4, 0.5) is 10.1 Å². The van der Waals surface area contributed by atoms with Crippen molar-refractivity contribution >= 4 is 33.5 Å². The van der Waals surface area contributed by atoms with E-state index in [4.69, 9.17) is 5.73 Å². The zero-order valence-corrected chi connectivity index (χ0v) is 7.44. The first-order chi connectivity index (χ1) is 5.63. The molecule has 0 aromatic carbocycles. The molecule has 0 aliphatic carbocycles. The molecular weight excluding hydrogens is 174 g/mol. The Hall–Kier alpha value is -1.36. The molecule has 0 radical (unpaired) electrons. The van der Waals surface area contributed by atoms with Crippen LogP contribution in [0.15, 0.2) is 6.58 Å². The van der Waals surface area contributed by atoms with E-state index < -0.39 is 0 Å². The van der Waals surface area contributed by atoms with Gasteiger partial charge in [-0.05, 0) is 6.08 Å². The number of aromatic nitrogens is 1. The number of hydrogen-bond acceptors (Lipinski definition) is 4. The molecule has 1 amide bonds. The topological polar surface area (TPSA) is 68.0 Å². The largest absolute Gasteiger partial charge is 0.389 e. The van der Waals surface area contributed by atoms with Crippen LogP contribution < -0.4 is 11.1 Å². The highest BCUT2D eigenvalue weighted by atomic mass is 32.1. The fourth-order valence-electron chi connectivity index (χ4n) is 0.694. The fraction of sp³-hybridized carbons (Fsp3) is 0.143. The first kappa shape index (κ1) is 8.73. The smallest absolute Gasteiger partial charge is 0.223 e. The second-order valence-electron chi connectivity index (χ2n) is 2.15. The third-order valence-electron chi connectivity index (χ3n) is 1.16. The summed E-state index contributed by atoms with van der Waals surface area (Å²) in [6.07, 6.45) is 1.55. The molecule has 64 valence electrons. The summed E-state index contributed by atoms with van der Waals surface area (Å²) in [4.78, 5) is 14.6. The van der Waals surface area contributed by atoms with Gasteiger partial charge in [-0.1, -0.05) is 17.9 Å². The van der Waals surface area contributed by atoms with Crippen LogP contribution in [-0.2, 0) is 4.79 Å². The average molecular weight is 183 g/mol. The van der Waals surface area contributed by atoms with Crippen LogP contribution in [0.5, 0.6) is 0 Å². The summed E-state index contributed by atoms with van der Waals surface area (Å²) < 4.78 is 0. The Morgan fingerprint density at radius 1 is 1.83 bits per heavy atom. The van der Waals surface area contributed by atoms with Gasteiger partial charge in [0.25, 0.3) is 0 Å². The van der Waals surface area contributed by atoms with Gasteiger partial charge in [-0.15, -0.1) is 0 Å². The molecule has 0 bridgehead atoms. The number of anilines is 2. The molecule has 3 N–H and O–H groups in total. The molecule has 1 aromatic rings. The van der Waals surface area contributed by atoms with E-state index in [0.29, 0.717) is 15.8 Å². The number of nitrogen functional groups attached to an aromatic ring is 1. The lowest BCUT2D eigenvalue weighted by Gasteiger charge is -1.91. The first-order valence-corrected chi connectivity index (χ1v) is 4.11. The number of nitrogens with two attached hydrogens (primary N) is 1. The number of nitrogens with one attached hydrogen (secondary N) is 1. The van der Waals surface area contributed by atoms with Crippen LogP contribution in [0.1, 0.15) is 12.6 Å². The summed E-state index contributed by atoms with van der Waals surface area (Å²) >= 11 is 1.23. The van der Waals surface area contributed by atoms with Gasteiger partial charge in [0.05, 0.1) is 5.69 Å². The lowest BCUT2D eigenvalue weighted by atomic mass is 10.5. The van der Waals surface area contributed by atoms with Gasteiger partial charge in [-0.3, -0.25) is 4.79 Å². The van der Waals surface area contributed by atoms with Gasteiger partial charge in [0.2, 0.25) is 5.91 Å². The number of amides is 1. The first-order valence-electron chi connectivity index (χ1n) is 3.30. The third-order valence-corrected chi connectivity index (χ3v) is 1.97. The molecule has 0 saturated carbocycles. The van der Waals surface area contributed by atoms with Crippen LogP contribution in [0.25, 0.3) is 6.08 Å². The van der Waals surface area contributed by atoms with Crippen LogP contribution in [0.3, 0.4) is 0 Å².